The van der Waals surface area contributed by atoms with Gasteiger partial charge in [-0.3, -0.25) is 37.3 Å². The van der Waals surface area contributed by atoms with Gasteiger partial charge in [-0.05, 0) is 37.5 Å². The molecule has 2 unspecified atom stereocenters. The first kappa shape index (κ1) is 93.1. The molecule has 0 amide bonds. The standard InChI is InChI=1S/C76H148O17P2/c1-7-9-11-13-15-17-19-21-22-26-29-33-40-46-52-58-73(78)86-64-71(92-76(81)61-55-49-43-35-31-27-23-25-28-32-38-44-50-56-68(3)4)66-90-94(82,83)88-62-70(77)63-89-95(84,85)91-67-72(65-87-74(79)59-53-47-41-37-36-39-45-51-57-69(5)6)93-75(80)60-54-48-42-34-30-24-20-18-16-14-12-10-8-2/h68-72,77H,7-67H2,1-6H3,(H,82,83)(H,84,85)/t70-,71-,72-/m1/s1. The molecule has 0 rings (SSSR count). The van der Waals surface area contributed by atoms with Crippen LogP contribution in [0.4, 0.5) is 0 Å². The first-order valence-electron chi connectivity index (χ1n) is 39.5. The summed E-state index contributed by atoms with van der Waals surface area (Å²) in [5.74, 6) is -0.600. The van der Waals surface area contributed by atoms with Crippen LogP contribution in [0.5, 0.6) is 0 Å². The third-order valence-corrected chi connectivity index (χ3v) is 19.6. The van der Waals surface area contributed by atoms with Crippen LogP contribution in [-0.4, -0.2) is 96.7 Å². The average molecular weight is 1400 g/mol. The van der Waals surface area contributed by atoms with Crippen LogP contribution in [0.2, 0.25) is 0 Å². The van der Waals surface area contributed by atoms with Crippen LogP contribution < -0.4 is 0 Å². The summed E-state index contributed by atoms with van der Waals surface area (Å²) >= 11 is 0. The van der Waals surface area contributed by atoms with E-state index in [9.17, 15) is 43.2 Å². The van der Waals surface area contributed by atoms with Crippen LogP contribution in [0.1, 0.15) is 395 Å². The van der Waals surface area contributed by atoms with Crippen LogP contribution >= 0.6 is 15.6 Å². The molecule has 95 heavy (non-hydrogen) atoms. The Hall–Kier alpha value is -1.94. The van der Waals surface area contributed by atoms with Crippen molar-refractivity contribution in [1.29, 1.82) is 0 Å². The van der Waals surface area contributed by atoms with Crippen molar-refractivity contribution in [3.8, 4) is 0 Å². The normalized spacial score (nSPS) is 14.0. The molecule has 0 spiro atoms. The summed E-state index contributed by atoms with van der Waals surface area (Å²) < 4.78 is 68.6. The molecule has 0 aromatic heterocycles. The minimum Gasteiger partial charge on any atom is -0.462 e. The van der Waals surface area contributed by atoms with Gasteiger partial charge in [0.1, 0.15) is 19.3 Å². The summed E-state index contributed by atoms with van der Waals surface area (Å²) in [5, 5.41) is 10.6. The highest BCUT2D eigenvalue weighted by Gasteiger charge is 2.30. The Balaban J connectivity index is 5.26. The maximum Gasteiger partial charge on any atom is 0.472 e. The molecule has 0 aliphatic carbocycles. The molecule has 0 saturated carbocycles. The zero-order valence-corrected chi connectivity index (χ0v) is 63.8. The lowest BCUT2D eigenvalue weighted by atomic mass is 10.0. The molecule has 0 heterocycles. The topological polar surface area (TPSA) is 237 Å². The monoisotopic (exact) mass is 1400 g/mol. The fraction of sp³-hybridized carbons (Fsp3) is 0.947. The van der Waals surface area contributed by atoms with Crippen LogP contribution in [0.3, 0.4) is 0 Å². The van der Waals surface area contributed by atoms with Crippen molar-refractivity contribution in [3.05, 3.63) is 0 Å². The Kier molecular flexibility index (Phi) is 66.5. The summed E-state index contributed by atoms with van der Waals surface area (Å²) in [5.41, 5.74) is 0. The van der Waals surface area contributed by atoms with E-state index in [1.807, 2.05) is 0 Å². The number of unbranched alkanes of at least 4 members (excludes halogenated alkanes) is 45. The summed E-state index contributed by atoms with van der Waals surface area (Å²) in [6.45, 7) is 9.59. The minimum absolute atomic E-state index is 0.107. The van der Waals surface area contributed by atoms with E-state index in [0.717, 1.165) is 102 Å². The number of rotatable bonds is 75. The SMILES string of the molecule is CCCCCCCCCCCCCCCCCC(=O)OC[C@H](COP(=O)(O)OC[C@@H](O)COP(=O)(O)OC[C@@H](COC(=O)CCCCCCCCCCC(C)C)OC(=O)CCCCCCCCCCCCCCC)OC(=O)CCCCCCCCCCCCCCCC(C)C. The van der Waals surface area contributed by atoms with Gasteiger partial charge in [-0.2, -0.15) is 0 Å². The highest BCUT2D eigenvalue weighted by Crippen LogP contribution is 2.45. The predicted molar refractivity (Wildman–Crippen MR) is 386 cm³/mol. The van der Waals surface area contributed by atoms with Crippen LogP contribution in [0.25, 0.3) is 0 Å². The fourth-order valence-corrected chi connectivity index (χ4v) is 13.2. The number of phosphoric ester groups is 2. The summed E-state index contributed by atoms with van der Waals surface area (Å²) in [4.78, 5) is 72.8. The number of phosphoric acid groups is 2. The highest BCUT2D eigenvalue weighted by atomic mass is 31.2. The third kappa shape index (κ3) is 70.3. The summed E-state index contributed by atoms with van der Waals surface area (Å²) in [6, 6.07) is 0. The molecular formula is C76H148O17P2. The van der Waals surface area contributed by atoms with Gasteiger partial charge < -0.3 is 33.8 Å². The van der Waals surface area contributed by atoms with Crippen molar-refractivity contribution < 1.29 is 80.2 Å². The first-order valence-corrected chi connectivity index (χ1v) is 42.5. The third-order valence-electron chi connectivity index (χ3n) is 17.7. The Morgan fingerprint density at radius 3 is 0.716 bits per heavy atom. The van der Waals surface area contributed by atoms with Crippen molar-refractivity contribution in [3.63, 3.8) is 0 Å². The Morgan fingerprint density at radius 2 is 0.484 bits per heavy atom. The second-order valence-corrected chi connectivity index (χ2v) is 31.3. The number of aliphatic hydroxyl groups excluding tert-OH is 1. The predicted octanol–water partition coefficient (Wildman–Crippen LogP) is 22.3. The average Bonchev–Trinajstić information content (AvgIpc) is 2.11. The van der Waals surface area contributed by atoms with E-state index in [1.54, 1.807) is 0 Å². The molecule has 564 valence electrons. The van der Waals surface area contributed by atoms with Gasteiger partial charge in [0, 0.05) is 25.7 Å². The van der Waals surface area contributed by atoms with Gasteiger partial charge in [0.25, 0.3) is 0 Å². The van der Waals surface area contributed by atoms with Gasteiger partial charge in [0.2, 0.25) is 0 Å². The molecule has 0 radical (unpaired) electrons. The van der Waals surface area contributed by atoms with Crippen molar-refractivity contribution in [2.45, 2.75) is 413 Å². The molecule has 0 aromatic carbocycles. The minimum atomic E-state index is -4.96. The molecule has 19 heteroatoms. The fourth-order valence-electron chi connectivity index (χ4n) is 11.7. The maximum atomic E-state index is 13.1. The molecule has 0 aliphatic heterocycles. The lowest BCUT2D eigenvalue weighted by Crippen LogP contribution is -2.30. The van der Waals surface area contributed by atoms with Gasteiger partial charge in [-0.25, -0.2) is 9.13 Å². The number of esters is 4. The largest absolute Gasteiger partial charge is 0.472 e. The van der Waals surface area contributed by atoms with Gasteiger partial charge in [-0.1, -0.05) is 343 Å². The van der Waals surface area contributed by atoms with Crippen molar-refractivity contribution in [2.24, 2.45) is 11.8 Å². The molecule has 3 N–H and O–H groups in total. The van der Waals surface area contributed by atoms with Gasteiger partial charge in [-0.15, -0.1) is 0 Å². The smallest absolute Gasteiger partial charge is 0.462 e. The van der Waals surface area contributed by atoms with E-state index < -0.39 is 97.5 Å². The van der Waals surface area contributed by atoms with Gasteiger partial charge >= 0.3 is 39.5 Å². The molecular weight excluding hydrogens is 1250 g/mol. The molecule has 5 atom stereocenters. The molecule has 17 nitrogen and oxygen atoms in total. The van der Waals surface area contributed by atoms with Crippen LogP contribution in [-0.2, 0) is 65.4 Å². The zero-order chi connectivity index (χ0) is 70.0. The van der Waals surface area contributed by atoms with Gasteiger partial charge in [0.05, 0.1) is 26.4 Å². The lowest BCUT2D eigenvalue weighted by molar-refractivity contribution is -0.161. The van der Waals surface area contributed by atoms with E-state index in [0.29, 0.717) is 25.7 Å². The Labute approximate surface area is 581 Å². The molecule has 0 aromatic rings. The maximum absolute atomic E-state index is 13.1. The summed E-state index contributed by atoms with van der Waals surface area (Å²) in [6.07, 6.45) is 55.4. The molecule has 0 aliphatic rings. The van der Waals surface area contributed by atoms with Gasteiger partial charge in [0.15, 0.2) is 12.2 Å². The van der Waals surface area contributed by atoms with Crippen molar-refractivity contribution in [1.82, 2.24) is 0 Å². The lowest BCUT2D eigenvalue weighted by Gasteiger charge is -2.21. The molecule has 0 saturated heterocycles. The quantitative estimate of drug-likeness (QED) is 0.0222. The summed E-state index contributed by atoms with van der Waals surface area (Å²) in [7, 11) is -9.91. The number of aliphatic hydroxyl groups is 1. The van der Waals surface area contributed by atoms with E-state index in [1.165, 1.54) is 212 Å². The zero-order valence-electron chi connectivity index (χ0n) is 62.0. The van der Waals surface area contributed by atoms with Crippen LogP contribution in [0, 0.1) is 11.8 Å². The molecule has 0 fully saturated rings. The van der Waals surface area contributed by atoms with Crippen LogP contribution in [0.15, 0.2) is 0 Å². The number of carbonyl (C=O) groups is 4. The number of hydrogen-bond donors (Lipinski definition) is 3. The van der Waals surface area contributed by atoms with E-state index >= 15 is 0 Å². The number of ether oxygens (including phenoxy) is 4. The molecule has 0 bridgehead atoms. The first-order chi connectivity index (χ1) is 45.9. The van der Waals surface area contributed by atoms with E-state index in [-0.39, 0.29) is 25.7 Å². The highest BCUT2D eigenvalue weighted by molar-refractivity contribution is 7.47. The Bertz CT molecular complexity index is 1840. The Morgan fingerprint density at radius 1 is 0.284 bits per heavy atom. The number of hydrogen-bond acceptors (Lipinski definition) is 15. The second-order valence-electron chi connectivity index (χ2n) is 28.3. The second kappa shape index (κ2) is 67.9. The van der Waals surface area contributed by atoms with E-state index in [2.05, 4.69) is 41.5 Å². The van der Waals surface area contributed by atoms with Crippen molar-refractivity contribution >= 4 is 39.5 Å². The number of carbonyl (C=O) groups excluding carboxylic acids is 4. The van der Waals surface area contributed by atoms with E-state index in [4.69, 9.17) is 37.0 Å². The van der Waals surface area contributed by atoms with Crippen molar-refractivity contribution in [2.75, 3.05) is 39.6 Å².